The molecule has 0 bridgehead atoms. The molecule has 20 heavy (non-hydrogen) atoms. The van der Waals surface area contributed by atoms with Crippen LogP contribution in [-0.2, 0) is 4.84 Å². The maximum absolute atomic E-state index is 12.4. The van der Waals surface area contributed by atoms with Gasteiger partial charge >= 0.3 is 6.18 Å². The number of carbonyl (C=O) groups excluding carboxylic acids is 1. The van der Waals surface area contributed by atoms with Gasteiger partial charge in [0.1, 0.15) is 11.3 Å². The molecule has 0 radical (unpaired) electrons. The highest BCUT2D eigenvalue weighted by Gasteiger charge is 2.45. The highest BCUT2D eigenvalue weighted by molar-refractivity contribution is 5.99. The summed E-state index contributed by atoms with van der Waals surface area (Å²) in [5, 5.41) is 5.50. The minimum Gasteiger partial charge on any atom is -0.359 e. The van der Waals surface area contributed by atoms with E-state index in [9.17, 15) is 18.0 Å². The van der Waals surface area contributed by atoms with E-state index < -0.39 is 12.4 Å². The van der Waals surface area contributed by atoms with Gasteiger partial charge in [0.2, 0.25) is 0 Å². The van der Waals surface area contributed by atoms with Gasteiger partial charge in [-0.15, -0.1) is 0 Å². The molecule has 0 fully saturated rings. The topological polar surface area (TPSA) is 68.0 Å². The molecule has 3 rings (SSSR count). The average molecular weight is 284 g/mol. The Morgan fingerprint density at radius 2 is 2.15 bits per heavy atom. The summed E-state index contributed by atoms with van der Waals surface area (Å²) in [6.07, 6.45) is -3.15. The van der Waals surface area contributed by atoms with Crippen molar-refractivity contribution >= 4 is 17.8 Å². The highest BCUT2D eigenvalue weighted by Crippen LogP contribution is 2.24. The summed E-state index contributed by atoms with van der Waals surface area (Å²) in [4.78, 5) is 18.9. The van der Waals surface area contributed by atoms with E-state index in [4.69, 9.17) is 0 Å². The SMILES string of the molecule is O=Cc1cn2cc(C3=NOC(C(F)(F)F)N3)ccc2n1. The van der Waals surface area contributed by atoms with E-state index in [-0.39, 0.29) is 11.5 Å². The predicted octanol–water partition coefficient (Wildman–Crippen LogP) is 1.32. The summed E-state index contributed by atoms with van der Waals surface area (Å²) in [5.74, 6) is -0.0319. The van der Waals surface area contributed by atoms with Crippen molar-refractivity contribution in [1.82, 2.24) is 14.7 Å². The van der Waals surface area contributed by atoms with Crippen molar-refractivity contribution in [3.05, 3.63) is 35.8 Å². The van der Waals surface area contributed by atoms with Gasteiger partial charge in [-0.2, -0.15) is 13.2 Å². The summed E-state index contributed by atoms with van der Waals surface area (Å²) in [6.45, 7) is 0. The number of hydrogen-bond donors (Lipinski definition) is 1. The van der Waals surface area contributed by atoms with Crippen LogP contribution in [0.2, 0.25) is 0 Å². The Labute approximate surface area is 109 Å². The number of alkyl halides is 3. The van der Waals surface area contributed by atoms with Crippen LogP contribution < -0.4 is 5.32 Å². The van der Waals surface area contributed by atoms with Crippen molar-refractivity contribution in [2.45, 2.75) is 12.4 Å². The summed E-state index contributed by atoms with van der Waals surface area (Å²) in [7, 11) is 0. The summed E-state index contributed by atoms with van der Waals surface area (Å²) in [6, 6.07) is 3.10. The van der Waals surface area contributed by atoms with Crippen LogP contribution in [-0.4, -0.2) is 33.9 Å². The second-order valence-electron chi connectivity index (χ2n) is 4.08. The lowest BCUT2D eigenvalue weighted by Crippen LogP contribution is -2.42. The fourth-order valence-electron chi connectivity index (χ4n) is 1.77. The zero-order valence-corrected chi connectivity index (χ0v) is 9.76. The Morgan fingerprint density at radius 1 is 1.35 bits per heavy atom. The van der Waals surface area contributed by atoms with E-state index in [1.807, 2.05) is 0 Å². The van der Waals surface area contributed by atoms with Gasteiger partial charge in [-0.1, -0.05) is 5.16 Å². The van der Waals surface area contributed by atoms with Gasteiger partial charge in [0, 0.05) is 18.0 Å². The number of carbonyl (C=O) groups is 1. The van der Waals surface area contributed by atoms with Crippen LogP contribution >= 0.6 is 0 Å². The first kappa shape index (κ1) is 12.5. The van der Waals surface area contributed by atoms with E-state index in [2.05, 4.69) is 20.3 Å². The molecule has 1 N–H and O–H groups in total. The first-order valence-electron chi connectivity index (χ1n) is 5.49. The minimum absolute atomic E-state index is 0.0319. The molecule has 6 nitrogen and oxygen atoms in total. The molecular formula is C11H7F3N4O2. The molecule has 0 amide bonds. The maximum atomic E-state index is 12.4. The minimum atomic E-state index is -4.55. The molecule has 1 aliphatic rings. The first-order chi connectivity index (χ1) is 9.47. The number of aldehydes is 1. The van der Waals surface area contributed by atoms with Gasteiger partial charge in [-0.05, 0) is 12.1 Å². The lowest BCUT2D eigenvalue weighted by atomic mass is 10.2. The number of nitrogens with one attached hydrogen (secondary N) is 1. The lowest BCUT2D eigenvalue weighted by molar-refractivity contribution is -0.218. The number of rotatable bonds is 2. The quantitative estimate of drug-likeness (QED) is 0.844. The lowest BCUT2D eigenvalue weighted by Gasteiger charge is -2.13. The van der Waals surface area contributed by atoms with E-state index in [1.165, 1.54) is 22.9 Å². The summed E-state index contributed by atoms with van der Waals surface area (Å²) in [5.41, 5.74) is 1.12. The fourth-order valence-corrected chi connectivity index (χ4v) is 1.77. The fraction of sp³-hybridized carbons (Fsp3) is 0.182. The van der Waals surface area contributed by atoms with Crippen molar-refractivity contribution in [1.29, 1.82) is 0 Å². The summed E-state index contributed by atoms with van der Waals surface area (Å²) < 4.78 is 38.8. The molecule has 0 aromatic carbocycles. The number of halogens is 3. The second kappa shape index (κ2) is 4.22. The van der Waals surface area contributed by atoms with Gasteiger partial charge < -0.3 is 14.6 Å². The molecule has 1 aliphatic heterocycles. The van der Waals surface area contributed by atoms with Crippen molar-refractivity contribution in [2.75, 3.05) is 0 Å². The van der Waals surface area contributed by atoms with Crippen LogP contribution in [0, 0.1) is 0 Å². The van der Waals surface area contributed by atoms with E-state index in [0.29, 0.717) is 17.5 Å². The molecule has 1 unspecified atom stereocenters. The monoisotopic (exact) mass is 284 g/mol. The van der Waals surface area contributed by atoms with Crippen molar-refractivity contribution in [2.24, 2.45) is 5.16 Å². The third-order valence-electron chi connectivity index (χ3n) is 2.68. The molecule has 104 valence electrons. The highest BCUT2D eigenvalue weighted by atomic mass is 19.4. The number of hydrogen-bond acceptors (Lipinski definition) is 5. The molecule has 2 aromatic rings. The molecule has 1 atom stereocenters. The Morgan fingerprint density at radius 3 is 2.80 bits per heavy atom. The van der Waals surface area contributed by atoms with Gasteiger partial charge in [-0.3, -0.25) is 4.79 Å². The number of nitrogens with zero attached hydrogens (tertiary/aromatic N) is 3. The first-order valence-corrected chi connectivity index (χ1v) is 5.49. The molecule has 0 aliphatic carbocycles. The maximum Gasteiger partial charge on any atom is 0.448 e. The number of imidazole rings is 1. The Hall–Kier alpha value is -2.58. The average Bonchev–Trinajstić information content (AvgIpc) is 3.03. The van der Waals surface area contributed by atoms with Gasteiger partial charge in [0.25, 0.3) is 6.23 Å². The third kappa shape index (κ3) is 2.06. The second-order valence-corrected chi connectivity index (χ2v) is 4.08. The van der Waals surface area contributed by atoms with Gasteiger partial charge in [-0.25, -0.2) is 4.98 Å². The number of fused-ring (bicyclic) bond motifs is 1. The molecule has 3 heterocycles. The molecule has 0 spiro atoms. The summed E-state index contributed by atoms with van der Waals surface area (Å²) >= 11 is 0. The molecular weight excluding hydrogens is 277 g/mol. The molecule has 0 saturated heterocycles. The molecule has 0 saturated carbocycles. The van der Waals surface area contributed by atoms with E-state index >= 15 is 0 Å². The van der Waals surface area contributed by atoms with Crippen LogP contribution in [0.1, 0.15) is 16.1 Å². The third-order valence-corrected chi connectivity index (χ3v) is 2.68. The van der Waals surface area contributed by atoms with E-state index in [1.54, 1.807) is 6.07 Å². The smallest absolute Gasteiger partial charge is 0.359 e. The van der Waals surface area contributed by atoms with Crippen molar-refractivity contribution < 1.29 is 22.8 Å². The van der Waals surface area contributed by atoms with Crippen LogP contribution in [0.3, 0.4) is 0 Å². The van der Waals surface area contributed by atoms with Gasteiger partial charge in [0.15, 0.2) is 12.1 Å². The van der Waals surface area contributed by atoms with Crippen LogP contribution in [0.5, 0.6) is 0 Å². The zero-order valence-electron chi connectivity index (χ0n) is 9.76. The van der Waals surface area contributed by atoms with Gasteiger partial charge in [0.05, 0.1) is 0 Å². The standard InChI is InChI=1S/C11H7F3N4O2/c12-11(13,14)10-16-9(17-20-10)6-1-2-8-15-7(5-19)4-18(8)3-6/h1-5,10H,(H,16,17). The Balaban J connectivity index is 1.90. The number of oxime groups is 1. The van der Waals surface area contributed by atoms with E-state index in [0.717, 1.165) is 0 Å². The largest absolute Gasteiger partial charge is 0.448 e. The van der Waals surface area contributed by atoms with Crippen LogP contribution in [0.4, 0.5) is 13.2 Å². The normalized spacial score (nSPS) is 18.6. The molecule has 2 aromatic heterocycles. The Kier molecular flexibility index (Phi) is 2.63. The number of aromatic nitrogens is 2. The Bertz CT molecular complexity index is 707. The number of pyridine rings is 1. The van der Waals surface area contributed by atoms with Crippen LogP contribution in [0.15, 0.2) is 29.7 Å². The molecule has 9 heteroatoms. The van der Waals surface area contributed by atoms with Crippen molar-refractivity contribution in [3.8, 4) is 0 Å². The van der Waals surface area contributed by atoms with Crippen LogP contribution in [0.25, 0.3) is 5.65 Å². The van der Waals surface area contributed by atoms with Crippen molar-refractivity contribution in [3.63, 3.8) is 0 Å². The number of amidine groups is 1. The zero-order chi connectivity index (χ0) is 14.3. The predicted molar refractivity (Wildman–Crippen MR) is 61.2 cm³/mol.